The van der Waals surface area contributed by atoms with Gasteiger partial charge in [0.25, 0.3) is 0 Å². The standard InChI is InChI=1S/C24H23ClN2O2S/c1-16-17(2)27(14-18-6-10-21(29-3)11-7-18)23-22(16)12-13-26-24(23)30(28)15-19-4-8-20(25)9-5-19/h4-13H,14-15H2,1-3H3. The predicted octanol–water partition coefficient (Wildman–Crippen LogP) is 5.67. The number of methoxy groups -OCH3 is 1. The Kier molecular flexibility index (Phi) is 5.93. The van der Waals surface area contributed by atoms with Crippen LogP contribution >= 0.6 is 11.6 Å². The average Bonchev–Trinajstić information content (AvgIpc) is 3.01. The summed E-state index contributed by atoms with van der Waals surface area (Å²) in [5.74, 6) is 1.23. The van der Waals surface area contributed by atoms with E-state index < -0.39 is 10.8 Å². The number of hydrogen-bond acceptors (Lipinski definition) is 3. The summed E-state index contributed by atoms with van der Waals surface area (Å²) in [5.41, 5.74) is 5.40. The second-order valence-corrected chi connectivity index (χ2v) is 9.08. The fraction of sp³-hybridized carbons (Fsp3) is 0.208. The number of aromatic nitrogens is 2. The molecule has 0 spiro atoms. The molecule has 2 heterocycles. The van der Waals surface area contributed by atoms with Crippen molar-refractivity contribution in [1.29, 1.82) is 0 Å². The Bertz CT molecular complexity index is 1210. The lowest BCUT2D eigenvalue weighted by atomic mass is 10.2. The van der Waals surface area contributed by atoms with Crippen molar-refractivity contribution in [1.82, 2.24) is 9.55 Å². The van der Waals surface area contributed by atoms with Gasteiger partial charge >= 0.3 is 0 Å². The predicted molar refractivity (Wildman–Crippen MR) is 123 cm³/mol. The Balaban J connectivity index is 1.75. The summed E-state index contributed by atoms with van der Waals surface area (Å²) in [6.45, 7) is 4.88. The highest BCUT2D eigenvalue weighted by Gasteiger charge is 2.19. The molecule has 6 heteroatoms. The van der Waals surface area contributed by atoms with Crippen molar-refractivity contribution in [2.75, 3.05) is 7.11 Å². The van der Waals surface area contributed by atoms with Crippen LogP contribution in [0.1, 0.15) is 22.4 Å². The average molecular weight is 439 g/mol. The minimum Gasteiger partial charge on any atom is -0.497 e. The van der Waals surface area contributed by atoms with E-state index in [1.54, 1.807) is 13.3 Å². The highest BCUT2D eigenvalue weighted by atomic mass is 35.5. The van der Waals surface area contributed by atoms with Gasteiger partial charge in [-0.3, -0.25) is 4.21 Å². The number of rotatable bonds is 6. The van der Waals surface area contributed by atoms with Crippen LogP contribution in [0.4, 0.5) is 0 Å². The third-order valence-electron chi connectivity index (χ3n) is 5.44. The Hall–Kier alpha value is -2.63. The van der Waals surface area contributed by atoms with Crippen LogP contribution in [0.25, 0.3) is 10.9 Å². The molecule has 0 bridgehead atoms. The van der Waals surface area contributed by atoms with Gasteiger partial charge in [-0.1, -0.05) is 35.9 Å². The summed E-state index contributed by atoms with van der Waals surface area (Å²) >= 11 is 5.98. The Morgan fingerprint density at radius 3 is 2.33 bits per heavy atom. The molecule has 1 atom stereocenters. The highest BCUT2D eigenvalue weighted by Crippen LogP contribution is 2.30. The fourth-order valence-corrected chi connectivity index (χ4v) is 5.01. The van der Waals surface area contributed by atoms with Gasteiger partial charge in [-0.25, -0.2) is 4.98 Å². The molecule has 2 aromatic heterocycles. The molecular weight excluding hydrogens is 416 g/mol. The van der Waals surface area contributed by atoms with Gasteiger partial charge in [-0.15, -0.1) is 0 Å². The maximum atomic E-state index is 13.3. The SMILES string of the molecule is COc1ccc(Cn2c(C)c(C)c3ccnc(S(=O)Cc4ccc(Cl)cc4)c32)cc1. The summed E-state index contributed by atoms with van der Waals surface area (Å²) in [5, 5.41) is 2.38. The summed E-state index contributed by atoms with van der Waals surface area (Å²) in [4.78, 5) is 4.54. The zero-order valence-corrected chi connectivity index (χ0v) is 18.8. The van der Waals surface area contributed by atoms with Gasteiger partial charge in [0.05, 0.1) is 29.2 Å². The van der Waals surface area contributed by atoms with Gasteiger partial charge in [0.2, 0.25) is 0 Å². The van der Waals surface area contributed by atoms with Crippen molar-refractivity contribution in [2.24, 2.45) is 0 Å². The van der Waals surface area contributed by atoms with E-state index in [9.17, 15) is 4.21 Å². The molecule has 2 aromatic carbocycles. The van der Waals surface area contributed by atoms with Gasteiger partial charge in [-0.05, 0) is 60.9 Å². The van der Waals surface area contributed by atoms with Crippen molar-refractivity contribution in [2.45, 2.75) is 31.2 Å². The topological polar surface area (TPSA) is 44.1 Å². The lowest BCUT2D eigenvalue weighted by Gasteiger charge is -2.12. The summed E-state index contributed by atoms with van der Waals surface area (Å²) in [6, 6.07) is 17.5. The second-order valence-electron chi connectivity index (χ2n) is 7.27. The molecule has 154 valence electrons. The van der Waals surface area contributed by atoms with E-state index in [1.165, 1.54) is 5.56 Å². The molecule has 0 aliphatic rings. The summed E-state index contributed by atoms with van der Waals surface area (Å²) in [7, 11) is 0.384. The van der Waals surface area contributed by atoms with Crippen LogP contribution in [0, 0.1) is 13.8 Å². The first-order valence-electron chi connectivity index (χ1n) is 9.68. The smallest absolute Gasteiger partial charge is 0.151 e. The van der Waals surface area contributed by atoms with Gasteiger partial charge < -0.3 is 9.30 Å². The minimum absolute atomic E-state index is 0.398. The van der Waals surface area contributed by atoms with E-state index in [0.717, 1.165) is 33.5 Å². The van der Waals surface area contributed by atoms with Crippen LogP contribution in [0.15, 0.2) is 65.8 Å². The molecule has 0 saturated carbocycles. The molecule has 0 aliphatic carbocycles. The number of fused-ring (bicyclic) bond motifs is 1. The number of hydrogen-bond donors (Lipinski definition) is 0. The normalized spacial score (nSPS) is 12.3. The van der Waals surface area contributed by atoms with Crippen LogP contribution in [0.2, 0.25) is 5.02 Å². The molecule has 0 N–H and O–H groups in total. The van der Waals surface area contributed by atoms with Gasteiger partial charge in [0.15, 0.2) is 5.03 Å². The molecule has 1 unspecified atom stereocenters. The molecule has 4 nitrogen and oxygen atoms in total. The van der Waals surface area contributed by atoms with Crippen LogP contribution in [-0.2, 0) is 23.1 Å². The fourth-order valence-electron chi connectivity index (χ4n) is 3.64. The largest absolute Gasteiger partial charge is 0.497 e. The van der Waals surface area contributed by atoms with E-state index in [4.69, 9.17) is 16.3 Å². The lowest BCUT2D eigenvalue weighted by molar-refractivity contribution is 0.414. The van der Waals surface area contributed by atoms with Gasteiger partial charge in [0, 0.05) is 28.8 Å². The molecule has 0 radical (unpaired) electrons. The monoisotopic (exact) mass is 438 g/mol. The third-order valence-corrected chi connectivity index (χ3v) is 7.02. The molecule has 0 saturated heterocycles. The minimum atomic E-state index is -1.28. The van der Waals surface area contributed by atoms with Crippen molar-refractivity contribution in [3.63, 3.8) is 0 Å². The van der Waals surface area contributed by atoms with Gasteiger partial charge in [-0.2, -0.15) is 0 Å². The number of aryl methyl sites for hydroxylation is 1. The molecule has 0 amide bonds. The Morgan fingerprint density at radius 2 is 1.67 bits per heavy atom. The third kappa shape index (κ3) is 4.00. The van der Waals surface area contributed by atoms with Gasteiger partial charge in [0.1, 0.15) is 5.75 Å². The molecule has 0 fully saturated rings. The maximum Gasteiger partial charge on any atom is 0.151 e. The van der Waals surface area contributed by atoms with Crippen molar-refractivity contribution in [3.05, 3.63) is 88.2 Å². The van der Waals surface area contributed by atoms with E-state index in [-0.39, 0.29) is 0 Å². The number of halogens is 1. The first-order valence-corrected chi connectivity index (χ1v) is 11.4. The zero-order chi connectivity index (χ0) is 21.3. The summed E-state index contributed by atoms with van der Waals surface area (Å²) in [6.07, 6.45) is 1.75. The molecular formula is C24H23ClN2O2S. The molecule has 4 rings (SSSR count). The summed E-state index contributed by atoms with van der Waals surface area (Å²) < 4.78 is 20.8. The van der Waals surface area contributed by atoms with E-state index >= 15 is 0 Å². The van der Waals surface area contributed by atoms with E-state index in [1.807, 2.05) is 42.5 Å². The van der Waals surface area contributed by atoms with Crippen molar-refractivity contribution in [3.8, 4) is 5.75 Å². The Labute approximate surface area is 183 Å². The molecule has 30 heavy (non-hydrogen) atoms. The zero-order valence-electron chi connectivity index (χ0n) is 17.2. The first kappa shape index (κ1) is 20.6. The quantitative estimate of drug-likeness (QED) is 0.389. The molecule has 4 aromatic rings. The molecule has 0 aliphatic heterocycles. The van der Waals surface area contributed by atoms with Crippen LogP contribution in [0.5, 0.6) is 5.75 Å². The van der Waals surface area contributed by atoms with E-state index in [2.05, 4.69) is 35.5 Å². The van der Waals surface area contributed by atoms with Crippen molar-refractivity contribution >= 4 is 33.3 Å². The van der Waals surface area contributed by atoms with Crippen molar-refractivity contribution < 1.29 is 8.95 Å². The number of pyridine rings is 1. The van der Waals surface area contributed by atoms with Crippen LogP contribution in [-0.4, -0.2) is 20.9 Å². The second kappa shape index (κ2) is 8.62. The van der Waals surface area contributed by atoms with E-state index in [0.29, 0.717) is 22.3 Å². The Morgan fingerprint density at radius 1 is 1.00 bits per heavy atom. The lowest BCUT2D eigenvalue weighted by Crippen LogP contribution is -2.07. The van der Waals surface area contributed by atoms with Crippen LogP contribution in [0.3, 0.4) is 0 Å². The number of ether oxygens (including phenoxy) is 1. The van der Waals surface area contributed by atoms with Crippen LogP contribution < -0.4 is 4.74 Å². The first-order chi connectivity index (χ1) is 14.5. The number of nitrogens with zero attached hydrogens (tertiary/aromatic N) is 2. The maximum absolute atomic E-state index is 13.3. The highest BCUT2D eigenvalue weighted by molar-refractivity contribution is 7.84. The number of benzene rings is 2.